The van der Waals surface area contributed by atoms with E-state index in [1.165, 1.54) is 6.07 Å². The van der Waals surface area contributed by atoms with Crippen LogP contribution in [0.5, 0.6) is 0 Å². The molecule has 0 aliphatic carbocycles. The molecule has 1 atom stereocenters. The van der Waals surface area contributed by atoms with Gasteiger partial charge in [-0.1, -0.05) is 29.4 Å². The number of pyridine rings is 1. The molecule has 10 nitrogen and oxygen atoms in total. The van der Waals surface area contributed by atoms with E-state index in [0.29, 0.717) is 6.04 Å². The second-order valence-corrected chi connectivity index (χ2v) is 9.64. The molecule has 1 fully saturated rings. The number of amides is 1. The molecule has 10 heteroatoms. The van der Waals surface area contributed by atoms with E-state index in [0.717, 1.165) is 59.6 Å². The molecule has 1 aliphatic heterocycles. The highest BCUT2D eigenvalue weighted by molar-refractivity contribution is 6.00. The summed E-state index contributed by atoms with van der Waals surface area (Å²) in [5.74, 6) is 0.657. The maximum absolute atomic E-state index is 12.6. The number of H-pyrrole nitrogens is 1. The number of carbonyl (C=O) groups is 1. The Morgan fingerprint density at radius 3 is 2.64 bits per heavy atom. The van der Waals surface area contributed by atoms with Crippen LogP contribution in [0.2, 0.25) is 0 Å². The van der Waals surface area contributed by atoms with Crippen molar-refractivity contribution in [3.63, 3.8) is 0 Å². The number of hydrogen-bond donors (Lipinski definition) is 4. The van der Waals surface area contributed by atoms with E-state index in [2.05, 4.69) is 31.0 Å². The number of aromatic amines is 1. The van der Waals surface area contributed by atoms with Gasteiger partial charge in [-0.25, -0.2) is 4.98 Å². The highest BCUT2D eigenvalue weighted by Crippen LogP contribution is 2.33. The van der Waals surface area contributed by atoms with E-state index in [9.17, 15) is 9.90 Å². The molecule has 4 N–H and O–H groups in total. The van der Waals surface area contributed by atoms with Crippen molar-refractivity contribution in [3.05, 3.63) is 59.6 Å². The van der Waals surface area contributed by atoms with Crippen molar-refractivity contribution in [3.8, 4) is 11.1 Å². The predicted octanol–water partition coefficient (Wildman–Crippen LogP) is 3.92. The first-order valence-corrected chi connectivity index (χ1v) is 12.1. The van der Waals surface area contributed by atoms with Crippen molar-refractivity contribution < 1.29 is 19.2 Å². The molecule has 1 aromatic carbocycles. The minimum atomic E-state index is -1.21. The van der Waals surface area contributed by atoms with Crippen molar-refractivity contribution in [1.82, 2.24) is 25.7 Å². The van der Waals surface area contributed by atoms with E-state index in [1.807, 2.05) is 37.3 Å². The predicted molar refractivity (Wildman–Crippen MR) is 134 cm³/mol. The third-order valence-corrected chi connectivity index (χ3v) is 6.44. The molecule has 0 unspecified atom stereocenters. The number of rotatable bonds is 7. The number of aromatic nitrogens is 4. The highest BCUT2D eigenvalue weighted by atomic mass is 16.5. The normalized spacial score (nSPS) is 15.7. The van der Waals surface area contributed by atoms with Crippen LogP contribution >= 0.6 is 0 Å². The Morgan fingerprint density at radius 2 is 1.94 bits per heavy atom. The number of anilines is 1. The lowest BCUT2D eigenvalue weighted by Gasteiger charge is -2.23. The van der Waals surface area contributed by atoms with Crippen LogP contribution < -0.4 is 10.6 Å². The summed E-state index contributed by atoms with van der Waals surface area (Å²) in [7, 11) is 0. The lowest BCUT2D eigenvalue weighted by molar-refractivity contribution is 0.0474. The third kappa shape index (κ3) is 4.95. The Balaban J connectivity index is 1.33. The van der Waals surface area contributed by atoms with Crippen molar-refractivity contribution in [1.29, 1.82) is 0 Å². The van der Waals surface area contributed by atoms with Crippen LogP contribution in [0.3, 0.4) is 0 Å². The SMILES string of the molecule is C[C@@H](NC(=O)c1cc(C(C)(C)O)on1)c1ccc(-c2ccnc3[nH]nc(NC4CCOCC4)c23)cc1. The first-order valence-electron chi connectivity index (χ1n) is 12.1. The van der Waals surface area contributed by atoms with Crippen molar-refractivity contribution in [2.75, 3.05) is 18.5 Å². The molecule has 36 heavy (non-hydrogen) atoms. The van der Waals surface area contributed by atoms with Gasteiger partial charge in [0.05, 0.1) is 11.4 Å². The van der Waals surface area contributed by atoms with Gasteiger partial charge in [0.25, 0.3) is 5.91 Å². The second kappa shape index (κ2) is 9.71. The Hall–Kier alpha value is -3.76. The van der Waals surface area contributed by atoms with Gasteiger partial charge in [0.1, 0.15) is 5.60 Å². The molecular weight excluding hydrogens is 460 g/mol. The van der Waals surface area contributed by atoms with Gasteiger partial charge in [-0.05, 0) is 56.4 Å². The molecule has 4 heterocycles. The summed E-state index contributed by atoms with van der Waals surface area (Å²) < 4.78 is 10.6. The van der Waals surface area contributed by atoms with E-state index in [4.69, 9.17) is 9.26 Å². The van der Waals surface area contributed by atoms with Crippen LogP contribution in [0.15, 0.2) is 47.1 Å². The molecule has 1 saturated heterocycles. The molecule has 0 saturated carbocycles. The van der Waals surface area contributed by atoms with Gasteiger partial charge in [0.2, 0.25) is 0 Å². The molecule has 0 spiro atoms. The summed E-state index contributed by atoms with van der Waals surface area (Å²) >= 11 is 0. The molecule has 1 amide bonds. The standard InChI is InChI=1S/C26H30N6O4/c1-15(28-25(33)20-14-21(36-32-20)26(2,3)34)16-4-6-17(7-5-16)19-8-11-27-23-22(19)24(31-30-23)29-18-9-12-35-13-10-18/h4-8,11,14-15,18,34H,9-10,12-13H2,1-3H3,(H,28,33)(H2,27,29,30,31)/t15-/m1/s1. The van der Waals surface area contributed by atoms with Crippen molar-refractivity contribution >= 4 is 22.8 Å². The molecule has 4 aromatic rings. The van der Waals surface area contributed by atoms with Gasteiger partial charge >= 0.3 is 0 Å². The van der Waals surface area contributed by atoms with E-state index < -0.39 is 5.60 Å². The Morgan fingerprint density at radius 1 is 1.19 bits per heavy atom. The Labute approximate surface area is 208 Å². The Kier molecular flexibility index (Phi) is 6.46. The maximum Gasteiger partial charge on any atom is 0.273 e. The van der Waals surface area contributed by atoms with Crippen LogP contribution in [0.25, 0.3) is 22.2 Å². The van der Waals surface area contributed by atoms with Crippen molar-refractivity contribution in [2.24, 2.45) is 0 Å². The molecular formula is C26H30N6O4. The summed E-state index contributed by atoms with van der Waals surface area (Å²) in [5.41, 5.74) is 2.63. The largest absolute Gasteiger partial charge is 0.382 e. The molecule has 0 bridgehead atoms. The van der Waals surface area contributed by atoms with E-state index in [-0.39, 0.29) is 23.4 Å². The molecule has 3 aromatic heterocycles. The highest BCUT2D eigenvalue weighted by Gasteiger charge is 2.25. The molecule has 0 radical (unpaired) electrons. The van der Waals surface area contributed by atoms with Gasteiger partial charge < -0.3 is 25.0 Å². The van der Waals surface area contributed by atoms with Crippen molar-refractivity contribution in [2.45, 2.75) is 51.3 Å². The van der Waals surface area contributed by atoms with Crippen LogP contribution in [0.1, 0.15) is 61.5 Å². The number of carbonyl (C=O) groups excluding carboxylic acids is 1. The summed E-state index contributed by atoms with van der Waals surface area (Å²) in [6.45, 7) is 6.55. The fourth-order valence-corrected chi connectivity index (χ4v) is 4.31. The quantitative estimate of drug-likeness (QED) is 0.306. The summed E-state index contributed by atoms with van der Waals surface area (Å²) in [5, 5.41) is 28.8. The van der Waals surface area contributed by atoms with Crippen LogP contribution in [-0.4, -0.2) is 50.6 Å². The smallest absolute Gasteiger partial charge is 0.273 e. The van der Waals surface area contributed by atoms with Gasteiger partial charge in [0, 0.05) is 31.5 Å². The summed E-state index contributed by atoms with van der Waals surface area (Å²) in [6.07, 6.45) is 3.65. The fraction of sp³-hybridized carbons (Fsp3) is 0.385. The third-order valence-electron chi connectivity index (χ3n) is 6.44. The molecule has 5 rings (SSSR count). The average Bonchev–Trinajstić information content (AvgIpc) is 3.53. The van der Waals surface area contributed by atoms with Gasteiger partial charge in [-0.3, -0.25) is 9.89 Å². The zero-order valence-corrected chi connectivity index (χ0v) is 20.5. The lowest BCUT2D eigenvalue weighted by atomic mass is 9.99. The minimum Gasteiger partial charge on any atom is -0.382 e. The van der Waals surface area contributed by atoms with E-state index >= 15 is 0 Å². The zero-order chi connectivity index (χ0) is 25.3. The fourth-order valence-electron chi connectivity index (χ4n) is 4.31. The Bertz CT molecular complexity index is 1350. The van der Waals surface area contributed by atoms with Crippen LogP contribution in [0, 0.1) is 0 Å². The molecule has 1 aliphatic rings. The van der Waals surface area contributed by atoms with Gasteiger partial charge in [-0.15, -0.1) is 0 Å². The number of hydrogen-bond acceptors (Lipinski definition) is 8. The summed E-state index contributed by atoms with van der Waals surface area (Å²) in [4.78, 5) is 17.1. The number of nitrogens with zero attached hydrogens (tertiary/aromatic N) is 3. The lowest BCUT2D eigenvalue weighted by Crippen LogP contribution is -2.28. The number of fused-ring (bicyclic) bond motifs is 1. The number of ether oxygens (including phenoxy) is 1. The zero-order valence-electron chi connectivity index (χ0n) is 20.5. The topological polar surface area (TPSA) is 138 Å². The average molecular weight is 491 g/mol. The first kappa shape index (κ1) is 24.0. The number of aliphatic hydroxyl groups is 1. The number of nitrogens with one attached hydrogen (secondary N) is 3. The second-order valence-electron chi connectivity index (χ2n) is 9.64. The summed E-state index contributed by atoms with van der Waals surface area (Å²) in [6, 6.07) is 11.5. The molecule has 188 valence electrons. The number of benzene rings is 1. The van der Waals surface area contributed by atoms with Crippen LogP contribution in [-0.2, 0) is 10.3 Å². The van der Waals surface area contributed by atoms with Gasteiger partial charge in [-0.2, -0.15) is 5.10 Å². The monoisotopic (exact) mass is 490 g/mol. The first-order chi connectivity index (χ1) is 17.3. The van der Waals surface area contributed by atoms with Crippen LogP contribution in [0.4, 0.5) is 5.82 Å². The maximum atomic E-state index is 12.6. The minimum absolute atomic E-state index is 0.124. The van der Waals surface area contributed by atoms with Gasteiger partial charge in [0.15, 0.2) is 22.9 Å². The van der Waals surface area contributed by atoms with E-state index in [1.54, 1.807) is 20.0 Å².